The normalized spacial score (nSPS) is 30.8. The van der Waals surface area contributed by atoms with E-state index in [1.54, 1.807) is 0 Å². The maximum atomic E-state index is 11.1. The summed E-state index contributed by atoms with van der Waals surface area (Å²) in [5.41, 5.74) is 0.336. The Labute approximate surface area is 80.7 Å². The summed E-state index contributed by atoms with van der Waals surface area (Å²) in [5.74, 6) is 1.26. The molecule has 13 heavy (non-hydrogen) atoms. The van der Waals surface area contributed by atoms with Gasteiger partial charge in [-0.25, -0.2) is 0 Å². The Kier molecular flexibility index (Phi) is 2.99. The quantitative estimate of drug-likeness (QED) is 0.630. The van der Waals surface area contributed by atoms with Gasteiger partial charge < -0.3 is 4.74 Å². The summed E-state index contributed by atoms with van der Waals surface area (Å²) in [5, 5.41) is 0. The lowest BCUT2D eigenvalue weighted by Gasteiger charge is -2.52. The van der Waals surface area contributed by atoms with Crippen LogP contribution < -0.4 is 0 Å². The highest BCUT2D eigenvalue weighted by molar-refractivity contribution is 5.69. The molecule has 1 fully saturated rings. The summed E-state index contributed by atoms with van der Waals surface area (Å²) >= 11 is 0. The molecule has 76 valence electrons. The van der Waals surface area contributed by atoms with Crippen molar-refractivity contribution in [3.05, 3.63) is 0 Å². The van der Waals surface area contributed by atoms with Crippen LogP contribution in [-0.2, 0) is 9.53 Å². The van der Waals surface area contributed by atoms with Gasteiger partial charge in [0.15, 0.2) is 0 Å². The Morgan fingerprint density at radius 3 is 2.46 bits per heavy atom. The Balaban J connectivity index is 2.44. The summed E-state index contributed by atoms with van der Waals surface area (Å²) < 4.78 is 4.68. The largest absolute Gasteiger partial charge is 0.469 e. The summed E-state index contributed by atoms with van der Waals surface area (Å²) in [6, 6.07) is 0. The van der Waals surface area contributed by atoms with Gasteiger partial charge in [-0.15, -0.1) is 0 Å². The van der Waals surface area contributed by atoms with Gasteiger partial charge in [0.2, 0.25) is 0 Å². The van der Waals surface area contributed by atoms with Crippen molar-refractivity contribution in [1.82, 2.24) is 0 Å². The molecule has 2 atom stereocenters. The first-order valence-corrected chi connectivity index (χ1v) is 5.09. The van der Waals surface area contributed by atoms with Crippen molar-refractivity contribution < 1.29 is 9.53 Å². The van der Waals surface area contributed by atoms with E-state index in [1.165, 1.54) is 20.0 Å². The maximum absolute atomic E-state index is 11.1. The molecule has 0 radical (unpaired) electrons. The molecule has 1 rings (SSSR count). The van der Waals surface area contributed by atoms with Gasteiger partial charge >= 0.3 is 5.97 Å². The highest BCUT2D eigenvalue weighted by Gasteiger charge is 2.47. The average molecular weight is 184 g/mol. The molecular formula is C11H20O2. The van der Waals surface area contributed by atoms with Crippen LogP contribution in [0.15, 0.2) is 0 Å². The predicted octanol–water partition coefficient (Wildman–Crippen LogP) is 2.62. The topological polar surface area (TPSA) is 26.3 Å². The molecule has 2 nitrogen and oxygen atoms in total. The van der Waals surface area contributed by atoms with Gasteiger partial charge in [-0.05, 0) is 23.7 Å². The van der Waals surface area contributed by atoms with E-state index in [1.807, 2.05) is 0 Å². The van der Waals surface area contributed by atoms with Gasteiger partial charge in [0, 0.05) is 6.42 Å². The summed E-state index contributed by atoms with van der Waals surface area (Å²) in [7, 11) is 1.46. The fraction of sp³-hybridized carbons (Fsp3) is 0.909. The van der Waals surface area contributed by atoms with Crippen LogP contribution in [0.1, 0.15) is 40.0 Å². The van der Waals surface area contributed by atoms with Crippen LogP contribution in [0, 0.1) is 17.3 Å². The molecular weight excluding hydrogens is 164 g/mol. The summed E-state index contributed by atoms with van der Waals surface area (Å²) in [6.45, 7) is 6.75. The third-order valence-corrected chi connectivity index (χ3v) is 3.81. The standard InChI is InChI=1S/C11H20O2/c1-5-8-6-9(11(8,2)3)7-10(12)13-4/h8-9H,5-7H2,1-4H3. The first-order valence-electron chi connectivity index (χ1n) is 5.09. The Bertz CT molecular complexity index is 196. The van der Waals surface area contributed by atoms with Crippen molar-refractivity contribution in [2.45, 2.75) is 40.0 Å². The zero-order valence-electron chi connectivity index (χ0n) is 9.09. The highest BCUT2D eigenvalue weighted by atomic mass is 16.5. The average Bonchev–Trinajstić information content (AvgIpc) is 2.10. The first kappa shape index (κ1) is 10.6. The van der Waals surface area contributed by atoms with Crippen molar-refractivity contribution in [1.29, 1.82) is 0 Å². The van der Waals surface area contributed by atoms with Crippen molar-refractivity contribution in [2.75, 3.05) is 7.11 Å². The minimum Gasteiger partial charge on any atom is -0.469 e. The van der Waals surface area contributed by atoms with Crippen molar-refractivity contribution in [3.63, 3.8) is 0 Å². The maximum Gasteiger partial charge on any atom is 0.305 e. The van der Waals surface area contributed by atoms with E-state index in [9.17, 15) is 4.79 Å². The predicted molar refractivity (Wildman–Crippen MR) is 52.3 cm³/mol. The van der Waals surface area contributed by atoms with Crippen LogP contribution >= 0.6 is 0 Å². The monoisotopic (exact) mass is 184 g/mol. The third-order valence-electron chi connectivity index (χ3n) is 3.81. The molecule has 0 spiro atoms. The second-order valence-corrected chi connectivity index (χ2v) is 4.64. The first-order chi connectivity index (χ1) is 6.02. The molecule has 0 aromatic heterocycles. The third kappa shape index (κ3) is 1.87. The fourth-order valence-electron chi connectivity index (χ4n) is 2.45. The SMILES string of the molecule is CCC1CC(CC(=O)OC)C1(C)C. The van der Waals surface area contributed by atoms with E-state index >= 15 is 0 Å². The minimum atomic E-state index is -0.0624. The summed E-state index contributed by atoms with van der Waals surface area (Å²) in [6.07, 6.45) is 3.02. The van der Waals surface area contributed by atoms with Gasteiger partial charge in [-0.1, -0.05) is 27.2 Å². The molecule has 0 aromatic rings. The van der Waals surface area contributed by atoms with Gasteiger partial charge in [0.1, 0.15) is 0 Å². The van der Waals surface area contributed by atoms with E-state index in [-0.39, 0.29) is 5.97 Å². The summed E-state index contributed by atoms with van der Waals surface area (Å²) in [4.78, 5) is 11.1. The van der Waals surface area contributed by atoms with Crippen LogP contribution in [0.5, 0.6) is 0 Å². The van der Waals surface area contributed by atoms with E-state index in [0.717, 1.165) is 5.92 Å². The van der Waals surface area contributed by atoms with Crippen LogP contribution in [0.25, 0.3) is 0 Å². The number of hydrogen-bond acceptors (Lipinski definition) is 2. The van der Waals surface area contributed by atoms with Gasteiger partial charge in [-0.3, -0.25) is 4.79 Å². The molecule has 1 aliphatic rings. The Morgan fingerprint density at radius 2 is 2.08 bits per heavy atom. The van der Waals surface area contributed by atoms with Crippen LogP contribution in [0.4, 0.5) is 0 Å². The molecule has 2 unspecified atom stereocenters. The highest BCUT2D eigenvalue weighted by Crippen LogP contribution is 2.54. The molecule has 0 heterocycles. The van der Waals surface area contributed by atoms with Crippen LogP contribution in [0.2, 0.25) is 0 Å². The lowest BCUT2D eigenvalue weighted by molar-refractivity contribution is -0.147. The molecule has 0 aliphatic heterocycles. The molecule has 1 aliphatic carbocycles. The zero-order chi connectivity index (χ0) is 10.1. The van der Waals surface area contributed by atoms with Gasteiger partial charge in [0.25, 0.3) is 0 Å². The van der Waals surface area contributed by atoms with Crippen LogP contribution in [0.3, 0.4) is 0 Å². The molecule has 1 saturated carbocycles. The fourth-order valence-corrected chi connectivity index (χ4v) is 2.45. The van der Waals surface area contributed by atoms with Crippen molar-refractivity contribution in [3.8, 4) is 0 Å². The number of ether oxygens (including phenoxy) is 1. The Hall–Kier alpha value is -0.530. The van der Waals surface area contributed by atoms with E-state index in [2.05, 4.69) is 25.5 Å². The molecule has 0 N–H and O–H groups in total. The second kappa shape index (κ2) is 3.69. The number of carbonyl (C=O) groups excluding carboxylic acids is 1. The number of hydrogen-bond donors (Lipinski definition) is 0. The van der Waals surface area contributed by atoms with Crippen LogP contribution in [-0.4, -0.2) is 13.1 Å². The molecule has 0 aromatic carbocycles. The van der Waals surface area contributed by atoms with Gasteiger partial charge in [-0.2, -0.15) is 0 Å². The van der Waals surface area contributed by atoms with E-state index < -0.39 is 0 Å². The van der Waals surface area contributed by atoms with Gasteiger partial charge in [0.05, 0.1) is 7.11 Å². The smallest absolute Gasteiger partial charge is 0.305 e. The number of esters is 1. The van der Waals surface area contributed by atoms with Crippen molar-refractivity contribution in [2.24, 2.45) is 17.3 Å². The number of methoxy groups -OCH3 is 1. The minimum absolute atomic E-state index is 0.0624. The zero-order valence-corrected chi connectivity index (χ0v) is 9.09. The number of rotatable bonds is 3. The lowest BCUT2D eigenvalue weighted by Crippen LogP contribution is -2.45. The molecule has 0 amide bonds. The lowest BCUT2D eigenvalue weighted by atomic mass is 9.53. The molecule has 2 heteroatoms. The molecule has 0 saturated heterocycles. The second-order valence-electron chi connectivity index (χ2n) is 4.64. The van der Waals surface area contributed by atoms with E-state index in [0.29, 0.717) is 17.8 Å². The van der Waals surface area contributed by atoms with Crippen molar-refractivity contribution >= 4 is 5.97 Å². The Morgan fingerprint density at radius 1 is 1.46 bits per heavy atom. The number of carbonyl (C=O) groups is 1. The molecule has 0 bridgehead atoms. The van der Waals surface area contributed by atoms with E-state index in [4.69, 9.17) is 0 Å².